The number of hydrogen-bond acceptors (Lipinski definition) is 7. The van der Waals surface area contributed by atoms with Crippen LogP contribution in [0, 0.1) is 6.92 Å². The van der Waals surface area contributed by atoms with Gasteiger partial charge in [0.05, 0.1) is 29.0 Å². The topological polar surface area (TPSA) is 99.5 Å². The van der Waals surface area contributed by atoms with E-state index in [1.807, 2.05) is 0 Å². The number of hydrogen-bond donors (Lipinski definition) is 1. The van der Waals surface area contributed by atoms with E-state index in [4.69, 9.17) is 21.1 Å². The minimum atomic E-state index is -0.537. The van der Waals surface area contributed by atoms with Gasteiger partial charge in [-0.2, -0.15) is 0 Å². The molecule has 3 aromatic rings. The number of benzene rings is 1. The lowest BCUT2D eigenvalue weighted by Crippen LogP contribution is -2.28. The van der Waals surface area contributed by atoms with Gasteiger partial charge in [0.25, 0.3) is 5.56 Å². The predicted molar refractivity (Wildman–Crippen MR) is 111 cm³/mol. The number of thiophene rings is 1. The van der Waals surface area contributed by atoms with Crippen molar-refractivity contribution in [3.63, 3.8) is 0 Å². The maximum absolute atomic E-state index is 12.9. The fraction of sp³-hybridized carbons (Fsp3) is 0.263. The van der Waals surface area contributed by atoms with E-state index in [1.165, 1.54) is 18.0 Å². The Morgan fingerprint density at radius 2 is 2.03 bits per heavy atom. The van der Waals surface area contributed by atoms with Crippen molar-refractivity contribution in [3.8, 4) is 0 Å². The maximum atomic E-state index is 12.9. The second kappa shape index (κ2) is 9.17. The molecule has 1 N–H and O–H groups in total. The van der Waals surface area contributed by atoms with Crippen LogP contribution in [-0.2, 0) is 20.8 Å². The van der Waals surface area contributed by atoms with Crippen LogP contribution in [0.5, 0.6) is 0 Å². The van der Waals surface area contributed by atoms with Crippen LogP contribution in [0.2, 0.25) is 5.02 Å². The molecule has 8 nitrogen and oxygen atoms in total. The number of carbonyl (C=O) groups is 2. The fourth-order valence-corrected chi connectivity index (χ4v) is 3.87. The van der Waals surface area contributed by atoms with Gasteiger partial charge >= 0.3 is 5.97 Å². The number of methoxy groups -OCH3 is 1. The number of aromatic nitrogens is 2. The molecule has 0 aliphatic heterocycles. The van der Waals surface area contributed by atoms with E-state index in [0.29, 0.717) is 31.4 Å². The monoisotopic (exact) mass is 435 g/mol. The molecule has 0 unspecified atom stereocenters. The van der Waals surface area contributed by atoms with Crippen molar-refractivity contribution in [1.82, 2.24) is 9.55 Å². The average Bonchev–Trinajstić information content (AvgIpc) is 3.03. The Balaban J connectivity index is 1.83. The second-order valence-electron chi connectivity index (χ2n) is 6.07. The molecule has 1 aromatic carbocycles. The highest BCUT2D eigenvalue weighted by molar-refractivity contribution is 7.20. The lowest BCUT2D eigenvalue weighted by atomic mass is 10.2. The molecular formula is C19H18ClN3O5S. The first kappa shape index (κ1) is 21.0. The molecule has 1 amide bonds. The predicted octanol–water partition coefficient (Wildman–Crippen LogP) is 2.86. The SMILES string of the molecule is COCCOC(=O)c1sc2ncn(CC(=O)Nc3ccccc3Cl)c(=O)c2c1C. The first-order valence-corrected chi connectivity index (χ1v) is 9.80. The minimum Gasteiger partial charge on any atom is -0.459 e. The molecule has 29 heavy (non-hydrogen) atoms. The van der Waals surface area contributed by atoms with Gasteiger partial charge in [0.15, 0.2) is 0 Å². The van der Waals surface area contributed by atoms with Gasteiger partial charge in [-0.3, -0.25) is 14.2 Å². The molecule has 2 heterocycles. The first-order chi connectivity index (χ1) is 13.9. The van der Waals surface area contributed by atoms with Crippen LogP contribution in [-0.4, -0.2) is 41.8 Å². The Hall–Kier alpha value is -2.75. The number of ether oxygens (including phenoxy) is 2. The number of nitrogens with zero attached hydrogens (tertiary/aromatic N) is 2. The zero-order valence-electron chi connectivity index (χ0n) is 15.7. The van der Waals surface area contributed by atoms with Crippen molar-refractivity contribution in [2.75, 3.05) is 25.6 Å². The summed E-state index contributed by atoms with van der Waals surface area (Å²) >= 11 is 7.11. The van der Waals surface area contributed by atoms with Crippen LogP contribution >= 0.6 is 22.9 Å². The molecule has 0 fully saturated rings. The highest BCUT2D eigenvalue weighted by atomic mass is 35.5. The van der Waals surface area contributed by atoms with E-state index in [2.05, 4.69) is 10.3 Å². The van der Waals surface area contributed by atoms with Gasteiger partial charge < -0.3 is 14.8 Å². The van der Waals surface area contributed by atoms with Gasteiger partial charge in [0.1, 0.15) is 22.9 Å². The van der Waals surface area contributed by atoms with Gasteiger partial charge in [-0.15, -0.1) is 11.3 Å². The van der Waals surface area contributed by atoms with Crippen LogP contribution < -0.4 is 10.9 Å². The Morgan fingerprint density at radius 1 is 1.28 bits per heavy atom. The van der Waals surface area contributed by atoms with E-state index >= 15 is 0 Å². The van der Waals surface area contributed by atoms with Crippen molar-refractivity contribution in [2.45, 2.75) is 13.5 Å². The number of esters is 1. The molecule has 0 saturated carbocycles. The molecule has 0 radical (unpaired) electrons. The van der Waals surface area contributed by atoms with Crippen LogP contribution in [0.3, 0.4) is 0 Å². The summed E-state index contributed by atoms with van der Waals surface area (Å²) in [6, 6.07) is 6.80. The normalized spacial score (nSPS) is 10.9. The third-order valence-electron chi connectivity index (χ3n) is 4.09. The van der Waals surface area contributed by atoms with Crippen LogP contribution in [0.1, 0.15) is 15.2 Å². The summed E-state index contributed by atoms with van der Waals surface area (Å²) in [5.74, 6) is -0.960. The lowest BCUT2D eigenvalue weighted by Gasteiger charge is -2.08. The molecule has 10 heteroatoms. The Morgan fingerprint density at radius 3 is 2.76 bits per heavy atom. The summed E-state index contributed by atoms with van der Waals surface area (Å²) in [5, 5.41) is 3.35. The van der Waals surface area contributed by atoms with Gasteiger partial charge in [0, 0.05) is 7.11 Å². The quantitative estimate of drug-likeness (QED) is 0.452. The van der Waals surface area contributed by atoms with Gasteiger partial charge in [-0.1, -0.05) is 23.7 Å². The average molecular weight is 436 g/mol. The highest BCUT2D eigenvalue weighted by Gasteiger charge is 2.21. The van der Waals surface area contributed by atoms with Crippen molar-refractivity contribution in [2.24, 2.45) is 0 Å². The van der Waals surface area contributed by atoms with Crippen molar-refractivity contribution in [3.05, 3.63) is 56.4 Å². The fourth-order valence-electron chi connectivity index (χ4n) is 2.66. The Kier molecular flexibility index (Phi) is 6.63. The number of fused-ring (bicyclic) bond motifs is 1. The van der Waals surface area contributed by atoms with Crippen LogP contribution in [0.15, 0.2) is 35.4 Å². The molecule has 3 rings (SSSR count). The van der Waals surface area contributed by atoms with E-state index in [-0.39, 0.29) is 19.8 Å². The van der Waals surface area contributed by atoms with Gasteiger partial charge in [-0.25, -0.2) is 9.78 Å². The Labute approximate surface area is 175 Å². The van der Waals surface area contributed by atoms with Crippen LogP contribution in [0.4, 0.5) is 5.69 Å². The highest BCUT2D eigenvalue weighted by Crippen LogP contribution is 2.27. The maximum Gasteiger partial charge on any atom is 0.348 e. The molecular weight excluding hydrogens is 418 g/mol. The zero-order chi connectivity index (χ0) is 21.0. The summed E-state index contributed by atoms with van der Waals surface area (Å²) in [6.45, 7) is 1.81. The second-order valence-corrected chi connectivity index (χ2v) is 7.48. The van der Waals surface area contributed by atoms with Crippen molar-refractivity contribution < 1.29 is 19.1 Å². The number of rotatable bonds is 7. The summed E-state index contributed by atoms with van der Waals surface area (Å²) in [4.78, 5) is 42.4. The number of halogens is 1. The number of nitrogens with one attached hydrogen (secondary N) is 1. The van der Waals surface area contributed by atoms with E-state index in [1.54, 1.807) is 31.2 Å². The van der Waals surface area contributed by atoms with Gasteiger partial charge in [0.2, 0.25) is 5.91 Å². The number of carbonyl (C=O) groups excluding carboxylic acids is 2. The molecule has 0 bridgehead atoms. The molecule has 152 valence electrons. The molecule has 0 aliphatic rings. The summed E-state index contributed by atoms with van der Waals surface area (Å²) in [6.07, 6.45) is 1.28. The smallest absolute Gasteiger partial charge is 0.348 e. The van der Waals surface area contributed by atoms with Gasteiger partial charge in [-0.05, 0) is 24.6 Å². The number of amides is 1. The molecule has 2 aromatic heterocycles. The molecule has 0 spiro atoms. The first-order valence-electron chi connectivity index (χ1n) is 8.61. The third kappa shape index (κ3) is 4.64. The molecule has 0 saturated heterocycles. The Bertz CT molecular complexity index is 1120. The standard InChI is InChI=1S/C19H18ClN3O5S/c1-11-15-17(29-16(11)19(26)28-8-7-27-2)21-10-23(18(15)25)9-14(24)22-13-6-4-3-5-12(13)20/h3-6,10H,7-9H2,1-2H3,(H,22,24). The van der Waals surface area contributed by atoms with E-state index in [0.717, 1.165) is 11.3 Å². The lowest BCUT2D eigenvalue weighted by molar-refractivity contribution is -0.116. The number of aryl methyl sites for hydroxylation is 1. The zero-order valence-corrected chi connectivity index (χ0v) is 17.3. The van der Waals surface area contributed by atoms with Crippen LogP contribution in [0.25, 0.3) is 10.2 Å². The summed E-state index contributed by atoms with van der Waals surface area (Å²) in [7, 11) is 1.51. The largest absolute Gasteiger partial charge is 0.459 e. The third-order valence-corrected chi connectivity index (χ3v) is 5.59. The summed E-state index contributed by atoms with van der Waals surface area (Å²) in [5.41, 5.74) is 0.522. The minimum absolute atomic E-state index is 0.114. The molecule has 0 aliphatic carbocycles. The number of anilines is 1. The van der Waals surface area contributed by atoms with E-state index < -0.39 is 17.4 Å². The van der Waals surface area contributed by atoms with Crippen molar-refractivity contribution in [1.29, 1.82) is 0 Å². The van der Waals surface area contributed by atoms with Crippen molar-refractivity contribution >= 4 is 50.7 Å². The number of para-hydroxylation sites is 1. The van der Waals surface area contributed by atoms with E-state index in [9.17, 15) is 14.4 Å². The summed E-state index contributed by atoms with van der Waals surface area (Å²) < 4.78 is 11.2. The molecule has 0 atom stereocenters.